The van der Waals surface area contributed by atoms with Crippen LogP contribution in [0, 0.1) is 0 Å². The number of nitrogens with two attached hydrogens (primary N) is 1. The molecule has 0 aromatic heterocycles. The van der Waals surface area contributed by atoms with Crippen molar-refractivity contribution >= 4 is 11.5 Å². The zero-order chi connectivity index (χ0) is 14.8. The molecule has 0 aliphatic heterocycles. The number of amidine groups is 1. The quantitative estimate of drug-likeness (QED) is 0.238. The molecule has 0 amide bonds. The Morgan fingerprint density at radius 3 is 2.30 bits per heavy atom. The van der Waals surface area contributed by atoms with Gasteiger partial charge in [-0.2, -0.15) is 0 Å². The molecule has 0 bridgehead atoms. The molecule has 3 N–H and O–H groups in total. The minimum Gasteiger partial charge on any atom is -0.409 e. The lowest BCUT2D eigenvalue weighted by molar-refractivity contribution is 0.318. The summed E-state index contributed by atoms with van der Waals surface area (Å²) < 4.78 is 0. The molecule has 4 nitrogen and oxygen atoms in total. The fourth-order valence-corrected chi connectivity index (χ4v) is 2.20. The smallest absolute Gasteiger partial charge is 0.170 e. The van der Waals surface area contributed by atoms with Crippen LogP contribution in [0.3, 0.4) is 0 Å². The molecule has 0 unspecified atom stereocenters. The molecule has 1 aromatic carbocycles. The number of unbranched alkanes of at least 4 members (excludes halogenated alkanes) is 5. The number of anilines is 1. The van der Waals surface area contributed by atoms with Crippen molar-refractivity contribution in [3.05, 3.63) is 29.8 Å². The Morgan fingerprint density at radius 2 is 1.70 bits per heavy atom. The van der Waals surface area contributed by atoms with Gasteiger partial charge in [0.15, 0.2) is 5.84 Å². The van der Waals surface area contributed by atoms with Gasteiger partial charge in [0.1, 0.15) is 0 Å². The van der Waals surface area contributed by atoms with E-state index in [9.17, 15) is 0 Å². The van der Waals surface area contributed by atoms with Gasteiger partial charge in [-0.05, 0) is 30.7 Å². The molecule has 0 aliphatic rings. The van der Waals surface area contributed by atoms with Gasteiger partial charge in [-0.25, -0.2) is 0 Å². The molecule has 0 heterocycles. The summed E-state index contributed by atoms with van der Waals surface area (Å²) in [5, 5.41) is 11.6. The molecular formula is C16H27N3O. The van der Waals surface area contributed by atoms with E-state index in [1.54, 1.807) is 0 Å². The third-order valence-electron chi connectivity index (χ3n) is 3.56. The molecule has 20 heavy (non-hydrogen) atoms. The van der Waals surface area contributed by atoms with E-state index in [0.29, 0.717) is 0 Å². The fraction of sp³-hybridized carbons (Fsp3) is 0.562. The molecule has 0 spiro atoms. The zero-order valence-electron chi connectivity index (χ0n) is 12.7. The summed E-state index contributed by atoms with van der Waals surface area (Å²) in [4.78, 5) is 2.25. The summed E-state index contributed by atoms with van der Waals surface area (Å²) in [6.45, 7) is 3.31. The highest BCUT2D eigenvalue weighted by molar-refractivity contribution is 5.97. The fourth-order valence-electron chi connectivity index (χ4n) is 2.20. The first-order chi connectivity index (χ1) is 9.69. The van der Waals surface area contributed by atoms with Crippen molar-refractivity contribution < 1.29 is 5.21 Å². The van der Waals surface area contributed by atoms with Crippen molar-refractivity contribution in [1.29, 1.82) is 0 Å². The van der Waals surface area contributed by atoms with Crippen LogP contribution in [0.4, 0.5) is 5.69 Å². The Bertz CT molecular complexity index is 401. The Hall–Kier alpha value is -1.71. The maximum absolute atomic E-state index is 8.62. The van der Waals surface area contributed by atoms with Gasteiger partial charge < -0.3 is 15.8 Å². The molecule has 0 saturated carbocycles. The highest BCUT2D eigenvalue weighted by Gasteiger charge is 2.03. The monoisotopic (exact) mass is 277 g/mol. The van der Waals surface area contributed by atoms with Gasteiger partial charge in [0.25, 0.3) is 0 Å². The molecule has 4 heteroatoms. The topological polar surface area (TPSA) is 61.8 Å². The third kappa shape index (κ3) is 5.51. The summed E-state index contributed by atoms with van der Waals surface area (Å²) in [5.74, 6) is 0.148. The lowest BCUT2D eigenvalue weighted by Gasteiger charge is -2.19. The van der Waals surface area contributed by atoms with Crippen molar-refractivity contribution in [2.24, 2.45) is 10.9 Å². The van der Waals surface area contributed by atoms with Crippen molar-refractivity contribution in [3.8, 4) is 0 Å². The summed E-state index contributed by atoms with van der Waals surface area (Å²) >= 11 is 0. The van der Waals surface area contributed by atoms with Gasteiger partial charge in [-0.3, -0.25) is 0 Å². The number of benzene rings is 1. The summed E-state index contributed by atoms with van der Waals surface area (Å²) in [5.41, 5.74) is 7.45. The lowest BCUT2D eigenvalue weighted by Crippen LogP contribution is -2.19. The maximum Gasteiger partial charge on any atom is 0.170 e. The largest absolute Gasteiger partial charge is 0.409 e. The molecular weight excluding hydrogens is 250 g/mol. The van der Waals surface area contributed by atoms with E-state index in [4.69, 9.17) is 10.9 Å². The third-order valence-corrected chi connectivity index (χ3v) is 3.56. The van der Waals surface area contributed by atoms with Crippen molar-refractivity contribution in [3.63, 3.8) is 0 Å². The van der Waals surface area contributed by atoms with Crippen LogP contribution in [0.1, 0.15) is 51.0 Å². The Morgan fingerprint density at radius 1 is 1.10 bits per heavy atom. The number of rotatable bonds is 9. The highest BCUT2D eigenvalue weighted by atomic mass is 16.4. The second-order valence-electron chi connectivity index (χ2n) is 5.22. The number of hydrogen-bond donors (Lipinski definition) is 2. The molecule has 0 saturated heterocycles. The zero-order valence-corrected chi connectivity index (χ0v) is 12.7. The van der Waals surface area contributed by atoms with Gasteiger partial charge in [0.2, 0.25) is 0 Å². The minimum absolute atomic E-state index is 0.148. The standard InChI is InChI=1S/C16H27N3O/c1-3-4-5-6-7-8-13-19(2)15-11-9-14(10-12-15)16(17)18-20/h9-12,20H,3-8,13H2,1-2H3,(H2,17,18). The maximum atomic E-state index is 8.62. The second kappa shape index (κ2) is 9.23. The van der Waals surface area contributed by atoms with Crippen LogP contribution in [0.5, 0.6) is 0 Å². The van der Waals surface area contributed by atoms with Gasteiger partial charge in [-0.15, -0.1) is 0 Å². The Kier molecular flexibility index (Phi) is 7.55. The lowest BCUT2D eigenvalue weighted by atomic mass is 10.1. The van der Waals surface area contributed by atoms with E-state index in [1.165, 1.54) is 38.5 Å². The summed E-state index contributed by atoms with van der Waals surface area (Å²) in [6, 6.07) is 7.76. The van der Waals surface area contributed by atoms with Crippen LogP contribution in [0.2, 0.25) is 0 Å². The summed E-state index contributed by atoms with van der Waals surface area (Å²) in [7, 11) is 2.10. The average Bonchev–Trinajstić information content (AvgIpc) is 2.50. The first-order valence-corrected chi connectivity index (χ1v) is 7.48. The predicted molar refractivity (Wildman–Crippen MR) is 85.6 cm³/mol. The van der Waals surface area contributed by atoms with E-state index in [1.807, 2.05) is 24.3 Å². The van der Waals surface area contributed by atoms with Gasteiger partial charge in [0.05, 0.1) is 0 Å². The van der Waals surface area contributed by atoms with Crippen LogP contribution >= 0.6 is 0 Å². The molecule has 112 valence electrons. The van der Waals surface area contributed by atoms with E-state index >= 15 is 0 Å². The molecule has 0 atom stereocenters. The average molecular weight is 277 g/mol. The van der Waals surface area contributed by atoms with Crippen LogP contribution in [0.25, 0.3) is 0 Å². The van der Waals surface area contributed by atoms with Crippen molar-refractivity contribution in [2.45, 2.75) is 45.4 Å². The van der Waals surface area contributed by atoms with Crippen LogP contribution in [-0.4, -0.2) is 24.6 Å². The van der Waals surface area contributed by atoms with E-state index < -0.39 is 0 Å². The van der Waals surface area contributed by atoms with Crippen molar-refractivity contribution in [1.82, 2.24) is 0 Å². The molecule has 0 aliphatic carbocycles. The molecule has 1 aromatic rings. The van der Waals surface area contributed by atoms with E-state index in [2.05, 4.69) is 24.0 Å². The normalized spacial score (nSPS) is 11.6. The van der Waals surface area contributed by atoms with Crippen LogP contribution < -0.4 is 10.6 Å². The molecule has 0 radical (unpaired) electrons. The van der Waals surface area contributed by atoms with E-state index in [-0.39, 0.29) is 5.84 Å². The van der Waals surface area contributed by atoms with Crippen LogP contribution in [0.15, 0.2) is 29.4 Å². The van der Waals surface area contributed by atoms with E-state index in [0.717, 1.165) is 17.8 Å². The first kappa shape index (κ1) is 16.3. The predicted octanol–water partition coefficient (Wildman–Crippen LogP) is 3.58. The highest BCUT2D eigenvalue weighted by Crippen LogP contribution is 2.15. The van der Waals surface area contributed by atoms with Crippen molar-refractivity contribution in [2.75, 3.05) is 18.5 Å². The minimum atomic E-state index is 0.148. The SMILES string of the molecule is CCCCCCCCN(C)c1ccc(C(N)=NO)cc1. The molecule has 0 fully saturated rings. The Labute approximate surface area is 122 Å². The number of hydrogen-bond acceptors (Lipinski definition) is 3. The van der Waals surface area contributed by atoms with Gasteiger partial charge in [0, 0.05) is 24.8 Å². The van der Waals surface area contributed by atoms with Gasteiger partial charge in [-0.1, -0.05) is 44.2 Å². The Balaban J connectivity index is 2.34. The molecule has 1 rings (SSSR count). The second-order valence-corrected chi connectivity index (χ2v) is 5.22. The van der Waals surface area contributed by atoms with Gasteiger partial charge >= 0.3 is 0 Å². The summed E-state index contributed by atoms with van der Waals surface area (Å²) in [6.07, 6.45) is 7.87. The number of oxime groups is 1. The first-order valence-electron chi connectivity index (χ1n) is 7.48. The number of nitrogens with zero attached hydrogens (tertiary/aromatic N) is 2. The van der Waals surface area contributed by atoms with Crippen LogP contribution in [-0.2, 0) is 0 Å².